The molecule has 0 spiro atoms. The van der Waals surface area contributed by atoms with Crippen LogP contribution in [-0.2, 0) is 35.3 Å². The monoisotopic (exact) mass is 502 g/mol. The van der Waals surface area contributed by atoms with Gasteiger partial charge in [0.25, 0.3) is 0 Å². The van der Waals surface area contributed by atoms with Gasteiger partial charge < -0.3 is 20.4 Å². The van der Waals surface area contributed by atoms with Gasteiger partial charge in [0.05, 0.1) is 5.56 Å². The van der Waals surface area contributed by atoms with E-state index in [0.717, 1.165) is 30.9 Å². The maximum Gasteiger partial charge on any atom is 0.209 e. The lowest BCUT2D eigenvalue weighted by atomic mass is 9.60. The minimum absolute atomic E-state index is 0.0760. The largest absolute Gasteiger partial charge is 0.511 e. The molecule has 0 saturated heterocycles. The van der Waals surface area contributed by atoms with Crippen LogP contribution in [0.2, 0.25) is 0 Å². The topological polar surface area (TPSA) is 132 Å². The third kappa shape index (κ3) is 3.80. The molecule has 37 heavy (non-hydrogen) atoms. The van der Waals surface area contributed by atoms with E-state index in [1.165, 1.54) is 11.6 Å². The van der Waals surface area contributed by atoms with Crippen LogP contribution in [-0.4, -0.2) is 43.4 Å². The van der Waals surface area contributed by atoms with E-state index in [0.29, 0.717) is 18.4 Å². The Kier molecular flexibility index (Phi) is 6.07. The van der Waals surface area contributed by atoms with Crippen molar-refractivity contribution in [3.8, 4) is 5.75 Å². The Labute approximate surface area is 214 Å². The third-order valence-electron chi connectivity index (χ3n) is 8.26. The predicted molar refractivity (Wildman–Crippen MR) is 136 cm³/mol. The second-order valence-corrected chi connectivity index (χ2v) is 10.4. The van der Waals surface area contributed by atoms with Crippen molar-refractivity contribution in [1.29, 1.82) is 0 Å². The smallest absolute Gasteiger partial charge is 0.209 e. The molecule has 0 heterocycles. The Morgan fingerprint density at radius 1 is 0.973 bits per heavy atom. The van der Waals surface area contributed by atoms with E-state index >= 15 is 0 Å². The molecule has 0 fully saturated rings. The normalized spacial score (nSPS) is 25.1. The van der Waals surface area contributed by atoms with Gasteiger partial charge in [-0.1, -0.05) is 37.3 Å². The Balaban J connectivity index is 1.53. The maximum atomic E-state index is 13.7. The zero-order chi connectivity index (χ0) is 26.6. The van der Waals surface area contributed by atoms with Crippen LogP contribution in [0.1, 0.15) is 59.3 Å². The highest BCUT2D eigenvalue weighted by Crippen LogP contribution is 2.51. The summed E-state index contributed by atoms with van der Waals surface area (Å²) in [5.74, 6) is -5.23. The number of fused-ring (bicyclic) bond motifs is 3. The number of aryl methyl sites for hydroxylation is 3. The van der Waals surface area contributed by atoms with Crippen LogP contribution >= 0.6 is 0 Å². The molecule has 0 amide bonds. The van der Waals surface area contributed by atoms with Crippen LogP contribution in [0.25, 0.3) is 0 Å². The molecule has 7 heteroatoms. The SMILES string of the molecule is CCc1ccc(CCc2ccc(O)c3c2C[C@H]2C[C@H]4CC(O)=C(C(C)=O)C(=O)[C@@]4(O)C(O)=C2C3=O)cc1. The summed E-state index contributed by atoms with van der Waals surface area (Å²) in [7, 11) is 0. The highest BCUT2D eigenvalue weighted by atomic mass is 16.3. The quantitative estimate of drug-likeness (QED) is 0.454. The molecule has 0 radical (unpaired) electrons. The number of aliphatic hydroxyl groups is 3. The van der Waals surface area contributed by atoms with Crippen molar-refractivity contribution < 1.29 is 34.8 Å². The average Bonchev–Trinajstić information content (AvgIpc) is 2.86. The molecule has 0 aliphatic heterocycles. The lowest BCUT2D eigenvalue weighted by Crippen LogP contribution is -2.56. The maximum absolute atomic E-state index is 13.7. The molecule has 2 aromatic rings. The van der Waals surface area contributed by atoms with Gasteiger partial charge >= 0.3 is 0 Å². The minimum atomic E-state index is -2.47. The number of phenolic OH excluding ortho intramolecular Hbond substituents is 1. The highest BCUT2D eigenvalue weighted by Gasteiger charge is 2.59. The molecule has 2 aromatic carbocycles. The van der Waals surface area contributed by atoms with Crippen LogP contribution in [0.4, 0.5) is 0 Å². The summed E-state index contributed by atoms with van der Waals surface area (Å²) in [4.78, 5) is 38.7. The lowest BCUT2D eigenvalue weighted by molar-refractivity contribution is -0.144. The van der Waals surface area contributed by atoms with Crippen LogP contribution in [0, 0.1) is 11.8 Å². The van der Waals surface area contributed by atoms with Gasteiger partial charge in [-0.25, -0.2) is 0 Å². The fraction of sp³-hybridized carbons (Fsp3) is 0.367. The van der Waals surface area contributed by atoms with Crippen molar-refractivity contribution in [1.82, 2.24) is 0 Å². The first-order valence-corrected chi connectivity index (χ1v) is 12.7. The van der Waals surface area contributed by atoms with Crippen LogP contribution in [0.5, 0.6) is 5.75 Å². The number of allylic oxidation sites excluding steroid dienone is 2. The molecule has 3 aliphatic carbocycles. The summed E-state index contributed by atoms with van der Waals surface area (Å²) in [6.45, 7) is 3.20. The van der Waals surface area contributed by atoms with Crippen molar-refractivity contribution in [2.75, 3.05) is 0 Å². The summed E-state index contributed by atoms with van der Waals surface area (Å²) in [6, 6.07) is 11.7. The number of benzene rings is 2. The molecule has 5 rings (SSSR count). The van der Waals surface area contributed by atoms with Gasteiger partial charge in [0.1, 0.15) is 22.8 Å². The number of carbonyl (C=O) groups excluding carboxylic acids is 3. The zero-order valence-electron chi connectivity index (χ0n) is 20.9. The van der Waals surface area contributed by atoms with Crippen molar-refractivity contribution in [2.45, 2.75) is 58.0 Å². The summed E-state index contributed by atoms with van der Waals surface area (Å²) in [6.07, 6.45) is 2.70. The first kappa shape index (κ1) is 25.0. The van der Waals surface area contributed by atoms with Crippen molar-refractivity contribution in [3.63, 3.8) is 0 Å². The molecule has 3 aliphatic rings. The van der Waals surface area contributed by atoms with Gasteiger partial charge in [0, 0.05) is 17.9 Å². The van der Waals surface area contributed by atoms with E-state index in [4.69, 9.17) is 0 Å². The summed E-state index contributed by atoms with van der Waals surface area (Å²) in [5.41, 5.74) is 0.986. The number of carbonyl (C=O) groups is 3. The second-order valence-electron chi connectivity index (χ2n) is 10.4. The number of rotatable bonds is 5. The highest BCUT2D eigenvalue weighted by molar-refractivity contribution is 6.25. The molecular formula is C30H30O7. The van der Waals surface area contributed by atoms with E-state index in [2.05, 4.69) is 31.2 Å². The van der Waals surface area contributed by atoms with Gasteiger partial charge in [-0.3, -0.25) is 14.4 Å². The number of Topliss-reactive ketones (excluding diaryl/α,β-unsaturated/α-hetero) is 3. The van der Waals surface area contributed by atoms with Crippen LogP contribution in [0.3, 0.4) is 0 Å². The summed E-state index contributed by atoms with van der Waals surface area (Å²) in [5, 5.41) is 43.5. The molecular weight excluding hydrogens is 472 g/mol. The van der Waals surface area contributed by atoms with Gasteiger partial charge in [-0.05, 0) is 73.3 Å². The van der Waals surface area contributed by atoms with Gasteiger partial charge in [-0.15, -0.1) is 0 Å². The average molecular weight is 503 g/mol. The third-order valence-corrected chi connectivity index (χ3v) is 8.26. The molecule has 3 atom stereocenters. The van der Waals surface area contributed by atoms with Crippen molar-refractivity contribution in [2.24, 2.45) is 11.8 Å². The van der Waals surface area contributed by atoms with E-state index in [1.807, 2.05) is 6.07 Å². The Morgan fingerprint density at radius 3 is 2.30 bits per heavy atom. The fourth-order valence-corrected chi connectivity index (χ4v) is 6.25. The number of aliphatic hydroxyl groups excluding tert-OH is 2. The number of aromatic hydroxyl groups is 1. The lowest BCUT2D eigenvalue weighted by Gasteiger charge is -2.45. The van der Waals surface area contributed by atoms with Gasteiger partial charge in [0.15, 0.2) is 17.2 Å². The zero-order valence-corrected chi connectivity index (χ0v) is 20.9. The predicted octanol–water partition coefficient (Wildman–Crippen LogP) is 4.03. The van der Waals surface area contributed by atoms with Gasteiger partial charge in [0.2, 0.25) is 5.78 Å². The Bertz CT molecular complexity index is 1400. The minimum Gasteiger partial charge on any atom is -0.511 e. The molecule has 0 bridgehead atoms. The van der Waals surface area contributed by atoms with Crippen molar-refractivity contribution >= 4 is 17.3 Å². The van der Waals surface area contributed by atoms with Crippen LogP contribution < -0.4 is 0 Å². The molecule has 0 saturated carbocycles. The Morgan fingerprint density at radius 2 is 1.65 bits per heavy atom. The fourth-order valence-electron chi connectivity index (χ4n) is 6.25. The molecule has 0 aromatic heterocycles. The van der Waals surface area contributed by atoms with E-state index in [1.54, 1.807) is 0 Å². The van der Waals surface area contributed by atoms with Crippen molar-refractivity contribution in [3.05, 3.63) is 86.9 Å². The molecule has 7 nitrogen and oxygen atoms in total. The second kappa shape index (κ2) is 8.99. The number of hydrogen-bond donors (Lipinski definition) is 4. The number of ketones is 3. The Hall–Kier alpha value is -3.71. The van der Waals surface area contributed by atoms with E-state index in [9.17, 15) is 34.8 Å². The van der Waals surface area contributed by atoms with E-state index < -0.39 is 51.9 Å². The van der Waals surface area contributed by atoms with Crippen LogP contribution in [0.15, 0.2) is 59.1 Å². The van der Waals surface area contributed by atoms with Gasteiger partial charge in [-0.2, -0.15) is 0 Å². The molecule has 0 unspecified atom stereocenters. The van der Waals surface area contributed by atoms with E-state index in [-0.39, 0.29) is 29.7 Å². The standard InChI is InChI=1S/C30H30O7/c1-3-16-4-6-17(7-5-16)8-9-18-10-11-22(32)26-21(18)13-19-12-20-14-23(33)24(15(2)31)28(35)30(20,37)29(36)25(19)27(26)34/h4-7,10-11,19-20,32-33,36-37H,3,8-9,12-14H2,1-2H3/t19-,20+,30-/m1/s1. The first-order valence-electron chi connectivity index (χ1n) is 12.7. The first-order chi connectivity index (χ1) is 17.6. The summed E-state index contributed by atoms with van der Waals surface area (Å²) < 4.78 is 0. The molecule has 4 N–H and O–H groups in total. The number of phenols is 1. The number of hydrogen-bond acceptors (Lipinski definition) is 7. The molecule has 192 valence electrons. The summed E-state index contributed by atoms with van der Waals surface area (Å²) >= 11 is 0.